The monoisotopic (exact) mass is 280 g/mol. The summed E-state index contributed by atoms with van der Waals surface area (Å²) >= 11 is 0. The fraction of sp³-hybridized carbons (Fsp3) is 0.800. The molecule has 0 saturated carbocycles. The summed E-state index contributed by atoms with van der Waals surface area (Å²) < 4.78 is 7.30. The maximum atomic E-state index is 5.15. The second kappa shape index (κ2) is 7.64. The van der Waals surface area contributed by atoms with Gasteiger partial charge in [0, 0.05) is 26.4 Å². The predicted molar refractivity (Wildman–Crippen MR) is 82.2 cm³/mol. The highest BCUT2D eigenvalue weighted by Crippen LogP contribution is 2.18. The van der Waals surface area contributed by atoms with E-state index in [2.05, 4.69) is 32.9 Å². The van der Waals surface area contributed by atoms with E-state index in [0.717, 1.165) is 37.3 Å². The van der Waals surface area contributed by atoms with Gasteiger partial charge >= 0.3 is 0 Å². The molecule has 1 aliphatic rings. The van der Waals surface area contributed by atoms with E-state index >= 15 is 0 Å². The maximum absolute atomic E-state index is 5.15. The maximum Gasteiger partial charge on any atom is 0.203 e. The minimum atomic E-state index is 0.722. The minimum Gasteiger partial charge on any atom is -0.383 e. The summed E-state index contributed by atoms with van der Waals surface area (Å²) in [6, 6.07) is 0. The number of likely N-dealkylation sites (tertiary alicyclic amines) is 1. The van der Waals surface area contributed by atoms with E-state index in [1.165, 1.54) is 32.5 Å². The Balaban J connectivity index is 1.81. The van der Waals surface area contributed by atoms with Crippen LogP contribution in [0.2, 0.25) is 0 Å². The lowest BCUT2D eigenvalue weighted by Crippen LogP contribution is -2.35. The molecule has 5 heteroatoms. The summed E-state index contributed by atoms with van der Waals surface area (Å²) in [4.78, 5) is 7.09. The number of nitrogens with one attached hydrogen (secondary N) is 1. The zero-order chi connectivity index (χ0) is 14.4. The molecule has 0 atom stereocenters. The standard InChI is InChI=1S/C15H28N4O/c1-4-18-7-5-14(6-8-18)11-16-15-17-13(2)12-19(15)9-10-20-3/h12,14H,4-11H2,1-3H3,(H,16,17). The number of ether oxygens (including phenoxy) is 1. The molecule has 0 radical (unpaired) electrons. The van der Waals surface area contributed by atoms with Gasteiger partial charge in [-0.05, 0) is 45.3 Å². The van der Waals surface area contributed by atoms with Gasteiger partial charge in [-0.3, -0.25) is 0 Å². The highest BCUT2D eigenvalue weighted by atomic mass is 16.5. The van der Waals surface area contributed by atoms with E-state index in [0.29, 0.717) is 0 Å². The van der Waals surface area contributed by atoms with E-state index in [1.54, 1.807) is 7.11 Å². The zero-order valence-corrected chi connectivity index (χ0v) is 13.1. The van der Waals surface area contributed by atoms with Crippen molar-refractivity contribution in [2.75, 3.05) is 45.2 Å². The molecule has 1 N–H and O–H groups in total. The molecule has 2 rings (SSSR count). The quantitative estimate of drug-likeness (QED) is 0.829. The Morgan fingerprint density at radius 3 is 2.80 bits per heavy atom. The Kier molecular flexibility index (Phi) is 5.86. The van der Waals surface area contributed by atoms with Gasteiger partial charge in [-0.15, -0.1) is 0 Å². The summed E-state index contributed by atoms with van der Waals surface area (Å²) in [6.07, 6.45) is 4.66. The smallest absolute Gasteiger partial charge is 0.203 e. The molecule has 1 saturated heterocycles. The number of imidazole rings is 1. The molecule has 2 heterocycles. The number of hydrogen-bond donors (Lipinski definition) is 1. The third-order valence-electron chi connectivity index (χ3n) is 4.14. The lowest BCUT2D eigenvalue weighted by atomic mass is 9.97. The van der Waals surface area contributed by atoms with Crippen LogP contribution in [0.5, 0.6) is 0 Å². The Labute approximate surface area is 122 Å². The van der Waals surface area contributed by atoms with Crippen LogP contribution in [-0.4, -0.2) is 54.3 Å². The fourth-order valence-corrected chi connectivity index (χ4v) is 2.79. The van der Waals surface area contributed by atoms with E-state index in [1.807, 2.05) is 6.92 Å². The molecular formula is C15H28N4O. The Morgan fingerprint density at radius 2 is 2.15 bits per heavy atom. The molecule has 1 aliphatic heterocycles. The van der Waals surface area contributed by atoms with Crippen molar-refractivity contribution in [1.82, 2.24) is 14.5 Å². The van der Waals surface area contributed by atoms with Gasteiger partial charge in [0.2, 0.25) is 5.95 Å². The summed E-state index contributed by atoms with van der Waals surface area (Å²) in [5.41, 5.74) is 1.06. The number of piperidine rings is 1. The number of nitrogens with zero attached hydrogens (tertiary/aromatic N) is 3. The summed E-state index contributed by atoms with van der Waals surface area (Å²) in [5, 5.41) is 3.52. The van der Waals surface area contributed by atoms with Crippen molar-refractivity contribution >= 4 is 5.95 Å². The average Bonchev–Trinajstić information content (AvgIpc) is 2.83. The second-order valence-electron chi connectivity index (χ2n) is 5.65. The third kappa shape index (κ3) is 4.21. The molecule has 0 aliphatic carbocycles. The predicted octanol–water partition coefficient (Wildman–Crippen LogP) is 1.98. The Morgan fingerprint density at radius 1 is 1.40 bits per heavy atom. The van der Waals surface area contributed by atoms with Crippen molar-refractivity contribution in [2.24, 2.45) is 5.92 Å². The SMILES string of the molecule is CCN1CCC(CNc2nc(C)cn2CCOC)CC1. The van der Waals surface area contributed by atoms with Crippen molar-refractivity contribution in [1.29, 1.82) is 0 Å². The minimum absolute atomic E-state index is 0.722. The molecule has 0 unspecified atom stereocenters. The Bertz CT molecular complexity index is 397. The normalized spacial score (nSPS) is 17.6. The number of aryl methyl sites for hydroxylation is 1. The van der Waals surface area contributed by atoms with E-state index in [4.69, 9.17) is 4.74 Å². The van der Waals surface area contributed by atoms with Crippen molar-refractivity contribution in [3.63, 3.8) is 0 Å². The van der Waals surface area contributed by atoms with Crippen LogP contribution in [0.25, 0.3) is 0 Å². The van der Waals surface area contributed by atoms with Crippen LogP contribution in [0.1, 0.15) is 25.5 Å². The number of rotatable bonds is 7. The van der Waals surface area contributed by atoms with Gasteiger partial charge in [-0.25, -0.2) is 4.98 Å². The molecule has 114 valence electrons. The highest BCUT2D eigenvalue weighted by molar-refractivity contribution is 5.28. The molecule has 1 fully saturated rings. The molecule has 0 amide bonds. The zero-order valence-electron chi connectivity index (χ0n) is 13.1. The summed E-state index contributed by atoms with van der Waals surface area (Å²) in [7, 11) is 1.73. The molecule has 5 nitrogen and oxygen atoms in total. The van der Waals surface area contributed by atoms with Crippen LogP contribution in [-0.2, 0) is 11.3 Å². The fourth-order valence-electron chi connectivity index (χ4n) is 2.79. The molecule has 0 aromatic carbocycles. The van der Waals surface area contributed by atoms with Crippen molar-refractivity contribution in [2.45, 2.75) is 33.2 Å². The first-order valence-electron chi connectivity index (χ1n) is 7.71. The van der Waals surface area contributed by atoms with E-state index < -0.39 is 0 Å². The summed E-state index contributed by atoms with van der Waals surface area (Å²) in [6.45, 7) is 10.5. The molecule has 1 aromatic heterocycles. The molecule has 0 bridgehead atoms. The van der Waals surface area contributed by atoms with E-state index in [9.17, 15) is 0 Å². The van der Waals surface area contributed by atoms with Crippen LogP contribution in [0.15, 0.2) is 6.20 Å². The first-order chi connectivity index (χ1) is 9.72. The van der Waals surface area contributed by atoms with Crippen LogP contribution in [0.3, 0.4) is 0 Å². The van der Waals surface area contributed by atoms with Crippen molar-refractivity contribution in [3.8, 4) is 0 Å². The molecule has 1 aromatic rings. The van der Waals surface area contributed by atoms with Gasteiger partial charge < -0.3 is 19.5 Å². The first kappa shape index (κ1) is 15.3. The van der Waals surface area contributed by atoms with E-state index in [-0.39, 0.29) is 0 Å². The van der Waals surface area contributed by atoms with Crippen LogP contribution < -0.4 is 5.32 Å². The molecule has 0 spiro atoms. The molecule has 20 heavy (non-hydrogen) atoms. The van der Waals surface area contributed by atoms with Crippen LogP contribution >= 0.6 is 0 Å². The van der Waals surface area contributed by atoms with Gasteiger partial charge in [0.15, 0.2) is 0 Å². The number of aromatic nitrogens is 2. The second-order valence-corrected chi connectivity index (χ2v) is 5.65. The van der Waals surface area contributed by atoms with Crippen LogP contribution in [0, 0.1) is 12.8 Å². The number of hydrogen-bond acceptors (Lipinski definition) is 4. The van der Waals surface area contributed by atoms with Gasteiger partial charge in [0.1, 0.15) is 0 Å². The van der Waals surface area contributed by atoms with Crippen LogP contribution in [0.4, 0.5) is 5.95 Å². The van der Waals surface area contributed by atoms with Crippen molar-refractivity contribution < 1.29 is 4.74 Å². The average molecular weight is 280 g/mol. The first-order valence-corrected chi connectivity index (χ1v) is 7.71. The number of anilines is 1. The summed E-state index contributed by atoms with van der Waals surface area (Å²) in [5.74, 6) is 1.75. The lowest BCUT2D eigenvalue weighted by molar-refractivity contribution is 0.187. The lowest BCUT2D eigenvalue weighted by Gasteiger charge is -2.31. The van der Waals surface area contributed by atoms with Crippen molar-refractivity contribution in [3.05, 3.63) is 11.9 Å². The van der Waals surface area contributed by atoms with Gasteiger partial charge in [0.05, 0.1) is 12.3 Å². The topological polar surface area (TPSA) is 42.3 Å². The largest absolute Gasteiger partial charge is 0.383 e. The molecular weight excluding hydrogens is 252 g/mol. The van der Waals surface area contributed by atoms with Gasteiger partial charge in [0.25, 0.3) is 0 Å². The van der Waals surface area contributed by atoms with Gasteiger partial charge in [-0.2, -0.15) is 0 Å². The Hall–Kier alpha value is -1.07. The highest BCUT2D eigenvalue weighted by Gasteiger charge is 2.18. The van der Waals surface area contributed by atoms with Gasteiger partial charge in [-0.1, -0.05) is 6.92 Å². The third-order valence-corrected chi connectivity index (χ3v) is 4.14. The number of methoxy groups -OCH3 is 1.